The first-order valence-corrected chi connectivity index (χ1v) is 9.23. The molecule has 3 aromatic carbocycles. The lowest BCUT2D eigenvalue weighted by Crippen LogP contribution is -1.91. The minimum atomic E-state index is 0.777. The molecule has 0 fully saturated rings. The molecule has 0 saturated carbocycles. The Kier molecular flexibility index (Phi) is 3.67. The molecule has 2 heterocycles. The van der Waals surface area contributed by atoms with Crippen molar-refractivity contribution in [2.75, 3.05) is 0 Å². The largest absolute Gasteiger partial charge is 0.457 e. The van der Waals surface area contributed by atoms with Crippen molar-refractivity contribution >= 4 is 44.5 Å². The summed E-state index contributed by atoms with van der Waals surface area (Å²) in [6.45, 7) is 0. The summed E-state index contributed by atoms with van der Waals surface area (Å²) >= 11 is 2.29. The fourth-order valence-electron chi connectivity index (χ4n) is 3.07. The SMILES string of the molecule is Ic1cc(Oc2cccc(-n3ccnc3)c2)cc2c1oc1ccccc12. The molecule has 0 spiro atoms. The van der Waals surface area contributed by atoms with Crippen molar-refractivity contribution in [3.8, 4) is 17.2 Å². The smallest absolute Gasteiger partial charge is 0.149 e. The zero-order chi connectivity index (χ0) is 17.5. The molecule has 0 radical (unpaired) electrons. The predicted octanol–water partition coefficient (Wildman–Crippen LogP) is 6.17. The summed E-state index contributed by atoms with van der Waals surface area (Å²) in [5.74, 6) is 1.57. The van der Waals surface area contributed by atoms with E-state index in [9.17, 15) is 0 Å². The molecule has 0 unspecified atom stereocenters. The van der Waals surface area contributed by atoms with Crippen molar-refractivity contribution in [2.45, 2.75) is 0 Å². The summed E-state index contributed by atoms with van der Waals surface area (Å²) in [4.78, 5) is 4.09. The Hall–Kier alpha value is -2.80. The van der Waals surface area contributed by atoms with E-state index in [0.29, 0.717) is 0 Å². The number of aromatic nitrogens is 2. The van der Waals surface area contributed by atoms with Crippen LogP contribution in [-0.4, -0.2) is 9.55 Å². The van der Waals surface area contributed by atoms with Crippen LogP contribution in [0.3, 0.4) is 0 Å². The Balaban J connectivity index is 1.57. The minimum Gasteiger partial charge on any atom is -0.457 e. The molecule has 4 nitrogen and oxygen atoms in total. The van der Waals surface area contributed by atoms with Gasteiger partial charge in [0.2, 0.25) is 0 Å². The van der Waals surface area contributed by atoms with Gasteiger partial charge < -0.3 is 13.7 Å². The highest BCUT2D eigenvalue weighted by Gasteiger charge is 2.12. The highest BCUT2D eigenvalue weighted by Crippen LogP contribution is 2.36. The normalized spacial score (nSPS) is 11.3. The van der Waals surface area contributed by atoms with Crippen molar-refractivity contribution in [1.29, 1.82) is 0 Å². The van der Waals surface area contributed by atoms with Gasteiger partial charge in [-0.25, -0.2) is 4.98 Å². The summed E-state index contributed by atoms with van der Waals surface area (Å²) in [6.07, 6.45) is 5.44. The summed E-state index contributed by atoms with van der Waals surface area (Å²) in [7, 11) is 0. The minimum absolute atomic E-state index is 0.777. The van der Waals surface area contributed by atoms with E-state index in [1.165, 1.54) is 0 Å². The number of para-hydroxylation sites is 1. The van der Waals surface area contributed by atoms with E-state index < -0.39 is 0 Å². The lowest BCUT2D eigenvalue weighted by Gasteiger charge is -2.09. The van der Waals surface area contributed by atoms with E-state index in [1.807, 2.05) is 65.4 Å². The van der Waals surface area contributed by atoms with Gasteiger partial charge in [-0.2, -0.15) is 0 Å². The van der Waals surface area contributed by atoms with Crippen LogP contribution in [0.1, 0.15) is 0 Å². The maximum atomic E-state index is 6.14. The van der Waals surface area contributed by atoms with E-state index in [4.69, 9.17) is 9.15 Å². The van der Waals surface area contributed by atoms with Gasteiger partial charge in [-0.15, -0.1) is 0 Å². The zero-order valence-electron chi connectivity index (χ0n) is 13.6. The zero-order valence-corrected chi connectivity index (χ0v) is 15.8. The Morgan fingerprint density at radius 2 is 1.85 bits per heavy atom. The molecule has 2 aromatic heterocycles. The van der Waals surface area contributed by atoms with E-state index in [0.717, 1.165) is 42.7 Å². The number of fused-ring (bicyclic) bond motifs is 3. The molecule has 26 heavy (non-hydrogen) atoms. The standard InChI is InChI=1S/C21H13IN2O2/c22-19-12-16(11-18-17-6-1-2-7-20(17)26-21(18)19)25-15-5-3-4-14(10-15)24-9-8-23-13-24/h1-13H. The van der Waals surface area contributed by atoms with Crippen LogP contribution >= 0.6 is 22.6 Å². The molecule has 5 rings (SSSR count). The number of hydrogen-bond acceptors (Lipinski definition) is 3. The summed E-state index contributed by atoms with van der Waals surface area (Å²) in [6, 6.07) is 20.0. The first-order chi connectivity index (χ1) is 12.8. The second-order valence-electron chi connectivity index (χ2n) is 5.95. The van der Waals surface area contributed by atoms with Crippen LogP contribution in [-0.2, 0) is 0 Å². The average molecular weight is 452 g/mol. The lowest BCUT2D eigenvalue weighted by atomic mass is 10.1. The third-order valence-corrected chi connectivity index (χ3v) is 5.06. The summed E-state index contributed by atoms with van der Waals surface area (Å²) < 4.78 is 15.1. The highest BCUT2D eigenvalue weighted by molar-refractivity contribution is 14.1. The third kappa shape index (κ3) is 2.64. The molecule has 0 bridgehead atoms. The van der Waals surface area contributed by atoms with E-state index in [1.54, 1.807) is 12.5 Å². The maximum absolute atomic E-state index is 6.14. The van der Waals surface area contributed by atoms with E-state index >= 15 is 0 Å². The number of hydrogen-bond donors (Lipinski definition) is 0. The Morgan fingerprint density at radius 1 is 0.923 bits per heavy atom. The van der Waals surface area contributed by atoms with Gasteiger partial charge in [0.05, 0.1) is 15.6 Å². The Morgan fingerprint density at radius 3 is 2.73 bits per heavy atom. The van der Waals surface area contributed by atoms with E-state index in [2.05, 4.69) is 33.6 Å². The van der Waals surface area contributed by atoms with Gasteiger partial charge in [-0.05, 0) is 52.9 Å². The molecule has 0 aliphatic carbocycles. The van der Waals surface area contributed by atoms with E-state index in [-0.39, 0.29) is 0 Å². The monoisotopic (exact) mass is 452 g/mol. The number of halogens is 1. The van der Waals surface area contributed by atoms with Crippen molar-refractivity contribution < 1.29 is 9.15 Å². The van der Waals surface area contributed by atoms with Crippen LogP contribution in [0, 0.1) is 3.57 Å². The Bertz CT molecular complexity index is 1230. The molecule has 0 atom stereocenters. The molecule has 126 valence electrons. The number of benzene rings is 3. The topological polar surface area (TPSA) is 40.2 Å². The first kappa shape index (κ1) is 15.5. The molecule has 5 aromatic rings. The van der Waals surface area contributed by atoms with Gasteiger partial charge in [0.15, 0.2) is 0 Å². The van der Waals surface area contributed by atoms with Crippen LogP contribution in [0.2, 0.25) is 0 Å². The molecule has 0 N–H and O–H groups in total. The number of rotatable bonds is 3. The van der Waals surface area contributed by atoms with Crippen LogP contribution in [0.25, 0.3) is 27.6 Å². The van der Waals surface area contributed by atoms with Gasteiger partial charge >= 0.3 is 0 Å². The number of furan rings is 1. The lowest BCUT2D eigenvalue weighted by molar-refractivity contribution is 0.482. The predicted molar refractivity (Wildman–Crippen MR) is 110 cm³/mol. The van der Waals surface area contributed by atoms with Gasteiger partial charge in [-0.1, -0.05) is 24.3 Å². The first-order valence-electron chi connectivity index (χ1n) is 8.15. The van der Waals surface area contributed by atoms with Crippen LogP contribution < -0.4 is 4.74 Å². The molecule has 5 heteroatoms. The molecular weight excluding hydrogens is 439 g/mol. The molecular formula is C21H13IN2O2. The Labute approximate surface area is 163 Å². The van der Waals surface area contributed by atoms with Gasteiger partial charge in [0, 0.05) is 29.2 Å². The second-order valence-corrected chi connectivity index (χ2v) is 7.11. The van der Waals surface area contributed by atoms with Gasteiger partial charge in [0.1, 0.15) is 22.7 Å². The van der Waals surface area contributed by atoms with Crippen LogP contribution in [0.5, 0.6) is 11.5 Å². The third-order valence-electron chi connectivity index (χ3n) is 4.26. The molecule has 0 saturated heterocycles. The van der Waals surface area contributed by atoms with Crippen LogP contribution in [0.15, 0.2) is 83.8 Å². The highest BCUT2D eigenvalue weighted by atomic mass is 127. The molecule has 0 aliphatic rings. The summed E-state index contributed by atoms with van der Waals surface area (Å²) in [5, 5.41) is 2.16. The summed E-state index contributed by atoms with van der Waals surface area (Å²) in [5.41, 5.74) is 2.79. The number of ether oxygens (including phenoxy) is 1. The molecule has 0 amide bonds. The average Bonchev–Trinajstić information content (AvgIpc) is 3.30. The van der Waals surface area contributed by atoms with Gasteiger partial charge in [-0.3, -0.25) is 0 Å². The maximum Gasteiger partial charge on any atom is 0.149 e. The molecule has 0 aliphatic heterocycles. The van der Waals surface area contributed by atoms with Crippen molar-refractivity contribution in [1.82, 2.24) is 9.55 Å². The fourth-order valence-corrected chi connectivity index (χ4v) is 3.78. The van der Waals surface area contributed by atoms with Crippen LogP contribution in [0.4, 0.5) is 0 Å². The van der Waals surface area contributed by atoms with Gasteiger partial charge in [0.25, 0.3) is 0 Å². The second kappa shape index (κ2) is 6.17. The quantitative estimate of drug-likeness (QED) is 0.308. The van der Waals surface area contributed by atoms with Crippen molar-refractivity contribution in [2.24, 2.45) is 0 Å². The fraction of sp³-hybridized carbons (Fsp3) is 0. The van der Waals surface area contributed by atoms with Crippen molar-refractivity contribution in [3.63, 3.8) is 0 Å². The number of imidazole rings is 1. The number of nitrogens with zero attached hydrogens (tertiary/aromatic N) is 2. The van der Waals surface area contributed by atoms with Crippen molar-refractivity contribution in [3.05, 3.63) is 83.0 Å².